The fourth-order valence-electron chi connectivity index (χ4n) is 12.7. The Morgan fingerprint density at radius 3 is 1.10 bits per heavy atom. The Kier molecular flexibility index (Phi) is 27.2. The van der Waals surface area contributed by atoms with Crippen molar-refractivity contribution in [2.45, 2.75) is 74.6 Å². The van der Waals surface area contributed by atoms with E-state index in [9.17, 15) is 62.9 Å². The molecule has 3 aliphatic rings. The van der Waals surface area contributed by atoms with E-state index in [2.05, 4.69) is 139 Å². The van der Waals surface area contributed by atoms with Gasteiger partial charge in [-0.15, -0.1) is 0 Å². The molecule has 3 aliphatic heterocycles. The van der Waals surface area contributed by atoms with Crippen LogP contribution in [0.1, 0.15) is 54.6 Å². The number of anilines is 6. The number of nitrogens with two attached hydrogens (primary N) is 3. The van der Waals surface area contributed by atoms with Crippen LogP contribution in [-0.2, 0) is 64.5 Å². The maximum atomic E-state index is 12.5. The lowest BCUT2D eigenvalue weighted by Crippen LogP contribution is -2.27. The Balaban J connectivity index is 0.000000158. The summed E-state index contributed by atoms with van der Waals surface area (Å²) in [5.41, 5.74) is 24.6. The minimum atomic E-state index is -5.72. The van der Waals surface area contributed by atoms with Crippen LogP contribution < -0.4 is 49.1 Å². The van der Waals surface area contributed by atoms with E-state index in [0.717, 1.165) is 0 Å². The quantitative estimate of drug-likeness (QED) is 0.0139. The van der Waals surface area contributed by atoms with Crippen LogP contribution in [0, 0.1) is 0 Å². The monoisotopic (exact) mass is 1760 g/mol. The predicted octanol–water partition coefficient (Wildman–Crippen LogP) is -0.846. The van der Waals surface area contributed by atoms with E-state index in [1.54, 1.807) is 33.7 Å². The Hall–Kier alpha value is -11.8. The fourth-order valence-corrected chi connectivity index (χ4v) is 16.1. The van der Waals surface area contributed by atoms with E-state index in [1.807, 2.05) is 0 Å². The number of aromatic amines is 3. The van der Waals surface area contributed by atoms with E-state index in [-0.39, 0.29) is 67.3 Å². The molecule has 3 amide bonds. The number of ether oxygens (including phenoxy) is 3. The number of nitrogens with one attached hydrogen (secondary N) is 9. The summed E-state index contributed by atoms with van der Waals surface area (Å²) in [6, 6.07) is 0. The third-order valence-electron chi connectivity index (χ3n) is 18.0. The first-order chi connectivity index (χ1) is 57.8. The second-order valence-corrected chi connectivity index (χ2v) is 31.8. The third-order valence-corrected chi connectivity index (χ3v) is 22.3. The molecule has 0 aromatic carbocycles. The maximum Gasteiger partial charge on any atom is 0.490 e. The van der Waals surface area contributed by atoms with Crippen LogP contribution in [-0.4, -0.2) is 267 Å². The van der Waals surface area contributed by atoms with Crippen molar-refractivity contribution in [2.75, 3.05) is 92.2 Å². The van der Waals surface area contributed by atoms with Gasteiger partial charge in [-0.25, -0.2) is 93.0 Å². The molecule has 15 rings (SSSR count). The molecule has 121 heavy (non-hydrogen) atoms. The Labute approximate surface area is 677 Å². The molecule has 54 nitrogen and oxygen atoms in total. The van der Waals surface area contributed by atoms with Crippen molar-refractivity contribution in [1.29, 1.82) is 0 Å². The summed E-state index contributed by atoms with van der Waals surface area (Å²) in [5, 5.41) is 59.4. The summed E-state index contributed by atoms with van der Waals surface area (Å²) in [7, 11) is -21.5. The molecule has 3 fully saturated rings. The van der Waals surface area contributed by atoms with E-state index in [4.69, 9.17) is 51.0 Å². The van der Waals surface area contributed by atoms with Gasteiger partial charge in [-0.05, 0) is 18.2 Å². The van der Waals surface area contributed by atoms with Crippen LogP contribution in [0.4, 0.5) is 34.9 Å². The molecule has 0 saturated carbocycles. The van der Waals surface area contributed by atoms with Crippen molar-refractivity contribution in [2.24, 2.45) is 0 Å². The second kappa shape index (κ2) is 37.9. The number of carbonyl (C=O) groups is 3. The summed E-state index contributed by atoms with van der Waals surface area (Å²) in [4.78, 5) is 162. The molecule has 0 aliphatic carbocycles. The highest BCUT2D eigenvalue weighted by molar-refractivity contribution is 7.66. The Morgan fingerprint density at radius 2 is 0.769 bits per heavy atom. The van der Waals surface area contributed by atoms with Gasteiger partial charge in [0.15, 0.2) is 34.4 Å². The lowest BCUT2D eigenvalue weighted by molar-refractivity contribution is -0.117. The number of carbonyl (C=O) groups excluding carboxylic acids is 3. The van der Waals surface area contributed by atoms with Gasteiger partial charge < -0.3 is 142 Å². The summed E-state index contributed by atoms with van der Waals surface area (Å²) in [6.07, 6.45) is 18.1. The summed E-state index contributed by atoms with van der Waals surface area (Å²) < 4.78 is 84.0. The van der Waals surface area contributed by atoms with E-state index < -0.39 is 106 Å². The number of aliphatic hydroxyl groups excluding tert-OH is 4. The minimum absolute atomic E-state index is 0.0794. The van der Waals surface area contributed by atoms with Crippen molar-refractivity contribution in [3.63, 3.8) is 0 Å². The van der Waals surface area contributed by atoms with Crippen molar-refractivity contribution in [1.82, 2.24) is 119 Å². The number of fused-ring (bicyclic) bond motifs is 6. The molecule has 11 atom stereocenters. The van der Waals surface area contributed by atoms with Gasteiger partial charge >= 0.3 is 31.3 Å². The zero-order valence-electron chi connectivity index (χ0n) is 62.3. The molecule has 15 heterocycles. The van der Waals surface area contributed by atoms with Gasteiger partial charge in [0.05, 0.1) is 73.3 Å². The second-order valence-electron chi connectivity index (χ2n) is 26.1. The number of aromatic nitrogens is 21. The minimum Gasteiger partial charge on any atom is -0.394 e. The van der Waals surface area contributed by atoms with Crippen LogP contribution in [0.15, 0.2) is 93.8 Å². The first kappa shape index (κ1) is 87.0. The molecule has 0 bridgehead atoms. The molecule has 2 unspecified atom stereocenters. The highest BCUT2D eigenvalue weighted by Gasteiger charge is 2.44. The number of nitrogen functional groups attached to an aromatic ring is 3. The topological polar surface area (TPSA) is 792 Å². The third kappa shape index (κ3) is 21.9. The van der Waals surface area contributed by atoms with Gasteiger partial charge in [-0.2, -0.15) is 8.62 Å². The molecule has 0 spiro atoms. The standard InChI is InChI=1S/C21H27N10O13P3.C21H25N10O7P.C21H24N10O4/c22-18-16-11(1-2-14(33)23-3-4-24-19-17-20(27-8-25-17)29-10-28-19)6-31(21(16)30-9-26-18)15-5-12(32)13(42-15)7-41-46(37,38)44-47(39,40)43-45(34,35)36;22-18-16-11(1-2-14(33)23-3-4-24-19-17-20(27-8-25-17)29-10-28-19)6-31(21(16)30-9-26-18)15-5-12(32)13(38-15)7-37-39(34,35)36;22-18-16-11(6-31(21(16)30-9-26-18)15-5-12(33)13(7-32)35-15)1-2-14(34)23-3-4-24-19-17-20(27-8-25-17)29-10-28-19/h1-2,6,8-10,12-13,15,32H,3-5,7H2,(H,23,33)(H,37,38)(H,39,40)(H2,22,26,30)(H2,34,35,36)(H2,24,25,27,28,29);1-2,6,8-10,12-13,15,32H,3-5,7H2,(H,23,33)(H2,22,26,30)(H2,34,35,36)(H2,24,25,27,28,29);1-2,6,8-10,12-13,15,32-33H,3-5,7H2,(H,23,34)(H2,22,26,30)(H2,24,25,27,28,29)/b3*2-1+/t3*12-,13-,15-/m111/s1. The number of imidazole rings is 3. The lowest BCUT2D eigenvalue weighted by atomic mass is 10.2. The Morgan fingerprint density at radius 1 is 0.438 bits per heavy atom. The molecule has 58 heteroatoms. The van der Waals surface area contributed by atoms with Gasteiger partial charge in [0.1, 0.15) is 126 Å². The van der Waals surface area contributed by atoms with Crippen LogP contribution in [0.2, 0.25) is 0 Å². The molecule has 25 N–H and O–H groups in total. The van der Waals surface area contributed by atoms with Crippen molar-refractivity contribution < 1.29 is 114 Å². The number of phosphoric ester groups is 2. The molecule has 12 aromatic heterocycles. The first-order valence-corrected chi connectivity index (χ1v) is 41.8. The molecule has 0 radical (unpaired) electrons. The van der Waals surface area contributed by atoms with Crippen LogP contribution >= 0.6 is 31.3 Å². The van der Waals surface area contributed by atoms with Gasteiger partial charge in [0.2, 0.25) is 17.7 Å². The number of H-pyrrole nitrogens is 3. The number of aliphatic hydroxyl groups is 4. The van der Waals surface area contributed by atoms with Crippen LogP contribution in [0.25, 0.3) is 84.8 Å². The van der Waals surface area contributed by atoms with Gasteiger partial charge in [0, 0.05) is 112 Å². The predicted molar refractivity (Wildman–Crippen MR) is 421 cm³/mol. The average Bonchev–Trinajstić information content (AvgIpc) is 1.62. The normalized spacial score (nSPS) is 20.5. The highest BCUT2D eigenvalue weighted by atomic mass is 31.3. The van der Waals surface area contributed by atoms with E-state index >= 15 is 0 Å². The summed E-state index contributed by atoms with van der Waals surface area (Å²) >= 11 is 0. The highest BCUT2D eigenvalue weighted by Crippen LogP contribution is 2.66. The summed E-state index contributed by atoms with van der Waals surface area (Å²) in [5.74, 6) is 1.12. The van der Waals surface area contributed by atoms with Crippen LogP contribution in [0.3, 0.4) is 0 Å². The van der Waals surface area contributed by atoms with Gasteiger partial charge in [0.25, 0.3) is 0 Å². The fraction of sp³-hybridized carbons (Fsp3) is 0.333. The maximum absolute atomic E-state index is 12.5. The number of phosphoric acid groups is 4. The molecular formula is C63H76N30O24P4. The van der Waals surface area contributed by atoms with E-state index in [0.29, 0.717) is 128 Å². The number of rotatable bonds is 32. The van der Waals surface area contributed by atoms with Gasteiger partial charge in [-0.3, -0.25) is 23.4 Å². The van der Waals surface area contributed by atoms with Crippen molar-refractivity contribution >= 4 is 169 Å². The van der Waals surface area contributed by atoms with Crippen molar-refractivity contribution in [3.8, 4) is 0 Å². The number of hydrogen-bond donors (Lipinski definition) is 22. The van der Waals surface area contributed by atoms with Crippen LogP contribution in [0.5, 0.6) is 0 Å². The number of hydrogen-bond acceptors (Lipinski definition) is 39. The zero-order valence-corrected chi connectivity index (χ0v) is 65.9. The largest absolute Gasteiger partial charge is 0.490 e. The Bertz CT molecular complexity index is 6040. The lowest BCUT2D eigenvalue weighted by Gasteiger charge is -2.19. The molecule has 12 aromatic rings. The zero-order chi connectivity index (χ0) is 85.9. The van der Waals surface area contributed by atoms with Gasteiger partial charge in [-0.1, -0.05) is 0 Å². The smallest absolute Gasteiger partial charge is 0.394 e. The van der Waals surface area contributed by atoms with Crippen molar-refractivity contribution in [3.05, 3.63) is 110 Å². The molecule has 3 saturated heterocycles. The SMILES string of the molecule is Nc1ncnc2c1c(/C=C/C(=O)NCCNc1ncnc3nc[nH]c13)cn2[C@H]1C[C@@H](O)[C@@H](CO)O1.Nc1ncnc2c1c(/C=C/C(=O)NCCNc1ncnc3nc[nH]c13)cn2[C@H]1C[C@@H](O)[C@@H](COP(=O)(O)O)O1.Nc1ncnc2c1c(/C=C/C(=O)NCCNc1ncnc3nc[nH]c13)cn2[C@H]1C[C@@H](O)[C@@H](COP(=O)(O)OP(=O)(O)OP(=O)(O)O)O1. The van der Waals surface area contributed by atoms with E-state index in [1.165, 1.54) is 92.0 Å². The summed E-state index contributed by atoms with van der Waals surface area (Å²) in [6.45, 7) is 0.444. The number of nitrogens with zero attached hydrogens (tertiary/aromatic N) is 18. The molecular weight excluding hydrogens is 1680 g/mol. The molecule has 642 valence electrons. The number of amides is 3. The average molecular weight is 1760 g/mol. The first-order valence-electron chi connectivity index (χ1n) is 35.8.